The monoisotopic (exact) mass is 276 g/mol. The highest BCUT2D eigenvalue weighted by Crippen LogP contribution is 2.33. The molecule has 3 aromatic heterocycles. The Labute approximate surface area is 113 Å². The van der Waals surface area contributed by atoms with Crippen LogP contribution in [0.25, 0.3) is 11.6 Å². The standard InChI is InChI=1S/C12H12N4O2S/c1-8(19-12-13-5-6-16(12)2)11-14-10(15-18-11)9-4-3-7-17-9/h3-8H,1-2H3/t8-/m0/s1. The van der Waals surface area contributed by atoms with E-state index in [1.807, 2.05) is 24.7 Å². The van der Waals surface area contributed by atoms with Gasteiger partial charge in [-0.15, -0.1) is 0 Å². The molecule has 0 radical (unpaired) electrons. The minimum Gasteiger partial charge on any atom is -0.461 e. The van der Waals surface area contributed by atoms with Crippen LogP contribution in [0.4, 0.5) is 0 Å². The molecule has 3 heterocycles. The third-order valence-electron chi connectivity index (χ3n) is 2.59. The normalized spacial score (nSPS) is 12.7. The molecule has 3 rings (SSSR count). The molecular formula is C12H12N4O2S. The van der Waals surface area contributed by atoms with E-state index in [-0.39, 0.29) is 5.25 Å². The molecule has 7 heteroatoms. The van der Waals surface area contributed by atoms with E-state index in [4.69, 9.17) is 8.94 Å². The van der Waals surface area contributed by atoms with E-state index in [1.165, 1.54) is 0 Å². The number of thioether (sulfide) groups is 1. The van der Waals surface area contributed by atoms with E-state index in [0.717, 1.165) is 5.16 Å². The van der Waals surface area contributed by atoms with E-state index in [9.17, 15) is 0 Å². The summed E-state index contributed by atoms with van der Waals surface area (Å²) >= 11 is 1.57. The molecule has 3 aromatic rings. The van der Waals surface area contributed by atoms with Crippen LogP contribution >= 0.6 is 11.8 Å². The van der Waals surface area contributed by atoms with Gasteiger partial charge in [-0.2, -0.15) is 4.98 Å². The second kappa shape index (κ2) is 4.93. The average molecular weight is 276 g/mol. The van der Waals surface area contributed by atoms with Gasteiger partial charge < -0.3 is 13.5 Å². The van der Waals surface area contributed by atoms with Crippen LogP contribution in [-0.4, -0.2) is 19.7 Å². The van der Waals surface area contributed by atoms with Gasteiger partial charge in [-0.1, -0.05) is 16.9 Å². The Bertz CT molecular complexity index is 659. The van der Waals surface area contributed by atoms with Gasteiger partial charge in [0.2, 0.25) is 11.7 Å². The Balaban J connectivity index is 1.77. The Morgan fingerprint density at radius 3 is 3.00 bits per heavy atom. The largest absolute Gasteiger partial charge is 0.461 e. The van der Waals surface area contributed by atoms with Crippen LogP contribution in [0.1, 0.15) is 18.1 Å². The number of nitrogens with zero attached hydrogens (tertiary/aromatic N) is 4. The topological polar surface area (TPSA) is 69.9 Å². The molecule has 0 saturated carbocycles. The number of aryl methyl sites for hydroxylation is 1. The highest BCUT2D eigenvalue weighted by Gasteiger charge is 2.19. The molecule has 0 fully saturated rings. The quantitative estimate of drug-likeness (QED) is 0.682. The van der Waals surface area contributed by atoms with Crippen molar-refractivity contribution in [3.05, 3.63) is 36.7 Å². The van der Waals surface area contributed by atoms with Crippen molar-refractivity contribution in [2.45, 2.75) is 17.3 Å². The van der Waals surface area contributed by atoms with Crippen molar-refractivity contribution in [3.8, 4) is 11.6 Å². The maximum Gasteiger partial charge on any atom is 0.240 e. The lowest BCUT2D eigenvalue weighted by molar-refractivity contribution is 0.379. The first-order chi connectivity index (χ1) is 9.24. The van der Waals surface area contributed by atoms with Crippen molar-refractivity contribution in [2.24, 2.45) is 7.05 Å². The van der Waals surface area contributed by atoms with E-state index >= 15 is 0 Å². The maximum atomic E-state index is 5.26. The number of aromatic nitrogens is 4. The minimum absolute atomic E-state index is 0.0253. The Morgan fingerprint density at radius 1 is 1.42 bits per heavy atom. The molecular weight excluding hydrogens is 264 g/mol. The highest BCUT2D eigenvalue weighted by atomic mass is 32.2. The van der Waals surface area contributed by atoms with E-state index in [2.05, 4.69) is 15.1 Å². The predicted octanol–water partition coefficient (Wildman–Crippen LogP) is 2.92. The smallest absolute Gasteiger partial charge is 0.240 e. The molecule has 98 valence electrons. The molecule has 6 nitrogen and oxygen atoms in total. The van der Waals surface area contributed by atoms with Crippen LogP contribution in [0.15, 0.2) is 44.9 Å². The van der Waals surface area contributed by atoms with Crippen molar-refractivity contribution in [2.75, 3.05) is 0 Å². The molecule has 0 aliphatic rings. The average Bonchev–Trinajstić information content (AvgIpc) is 3.09. The number of hydrogen-bond acceptors (Lipinski definition) is 6. The zero-order valence-electron chi connectivity index (χ0n) is 10.5. The lowest BCUT2D eigenvalue weighted by atomic mass is 10.4. The Hall–Kier alpha value is -2.02. The van der Waals surface area contributed by atoms with Crippen LogP contribution in [0.5, 0.6) is 0 Å². The molecule has 0 unspecified atom stereocenters. The van der Waals surface area contributed by atoms with Crippen LogP contribution in [0.3, 0.4) is 0 Å². The Kier molecular flexibility index (Phi) is 3.12. The van der Waals surface area contributed by atoms with Crippen LogP contribution in [0, 0.1) is 0 Å². The zero-order chi connectivity index (χ0) is 13.2. The SMILES string of the molecule is C[C@H](Sc1nccn1C)c1nc(-c2ccco2)no1. The van der Waals surface area contributed by atoms with Gasteiger partial charge >= 0.3 is 0 Å². The van der Waals surface area contributed by atoms with Crippen molar-refractivity contribution in [1.29, 1.82) is 0 Å². The molecule has 0 bridgehead atoms. The summed E-state index contributed by atoms with van der Waals surface area (Å²) in [6.45, 7) is 2.00. The summed E-state index contributed by atoms with van der Waals surface area (Å²) in [5, 5.41) is 4.84. The minimum atomic E-state index is 0.0253. The van der Waals surface area contributed by atoms with Gasteiger partial charge in [0.25, 0.3) is 0 Å². The van der Waals surface area contributed by atoms with Gasteiger partial charge in [0.15, 0.2) is 10.9 Å². The summed E-state index contributed by atoms with van der Waals surface area (Å²) in [5.41, 5.74) is 0. The summed E-state index contributed by atoms with van der Waals surface area (Å²) in [6.07, 6.45) is 5.24. The summed E-state index contributed by atoms with van der Waals surface area (Å²) in [5.74, 6) is 1.62. The first kappa shape index (κ1) is 12.0. The summed E-state index contributed by atoms with van der Waals surface area (Å²) in [4.78, 5) is 8.59. The number of hydrogen-bond donors (Lipinski definition) is 0. The molecule has 0 aromatic carbocycles. The van der Waals surface area contributed by atoms with Gasteiger partial charge in [0, 0.05) is 19.4 Å². The first-order valence-electron chi connectivity index (χ1n) is 5.75. The van der Waals surface area contributed by atoms with Gasteiger partial charge in [0.1, 0.15) is 0 Å². The second-order valence-electron chi connectivity index (χ2n) is 4.01. The van der Waals surface area contributed by atoms with E-state index < -0.39 is 0 Å². The predicted molar refractivity (Wildman–Crippen MR) is 69.5 cm³/mol. The van der Waals surface area contributed by atoms with Crippen molar-refractivity contribution in [3.63, 3.8) is 0 Å². The molecule has 19 heavy (non-hydrogen) atoms. The van der Waals surface area contributed by atoms with Crippen molar-refractivity contribution in [1.82, 2.24) is 19.7 Å². The molecule has 0 aliphatic heterocycles. The Morgan fingerprint density at radius 2 is 2.32 bits per heavy atom. The zero-order valence-corrected chi connectivity index (χ0v) is 11.3. The number of imidazole rings is 1. The summed E-state index contributed by atoms with van der Waals surface area (Å²) < 4.78 is 12.4. The van der Waals surface area contributed by atoms with Crippen LogP contribution < -0.4 is 0 Å². The molecule has 0 N–H and O–H groups in total. The molecule has 0 amide bonds. The number of furan rings is 1. The maximum absolute atomic E-state index is 5.26. The first-order valence-corrected chi connectivity index (χ1v) is 6.63. The third kappa shape index (κ3) is 2.41. The van der Waals surface area contributed by atoms with E-state index in [1.54, 1.807) is 36.4 Å². The van der Waals surface area contributed by atoms with Crippen molar-refractivity contribution >= 4 is 11.8 Å². The fourth-order valence-corrected chi connectivity index (χ4v) is 2.44. The van der Waals surface area contributed by atoms with Gasteiger partial charge in [-0.05, 0) is 19.1 Å². The third-order valence-corrected chi connectivity index (χ3v) is 3.75. The lowest BCUT2D eigenvalue weighted by Gasteiger charge is -2.05. The molecule has 0 spiro atoms. The molecule has 0 aliphatic carbocycles. The highest BCUT2D eigenvalue weighted by molar-refractivity contribution is 7.99. The second-order valence-corrected chi connectivity index (χ2v) is 5.32. The van der Waals surface area contributed by atoms with Gasteiger partial charge in [0.05, 0.1) is 11.5 Å². The van der Waals surface area contributed by atoms with Gasteiger partial charge in [-0.25, -0.2) is 4.98 Å². The summed E-state index contributed by atoms with van der Waals surface area (Å²) in [7, 11) is 1.95. The summed E-state index contributed by atoms with van der Waals surface area (Å²) in [6, 6.07) is 3.59. The molecule has 1 atom stereocenters. The van der Waals surface area contributed by atoms with E-state index in [0.29, 0.717) is 17.5 Å². The van der Waals surface area contributed by atoms with Crippen LogP contribution in [-0.2, 0) is 7.05 Å². The van der Waals surface area contributed by atoms with Gasteiger partial charge in [-0.3, -0.25) is 0 Å². The molecule has 0 saturated heterocycles. The fourth-order valence-electron chi connectivity index (χ4n) is 1.58. The number of rotatable bonds is 4. The van der Waals surface area contributed by atoms with Crippen molar-refractivity contribution < 1.29 is 8.94 Å². The fraction of sp³-hybridized carbons (Fsp3) is 0.250. The van der Waals surface area contributed by atoms with Crippen LogP contribution in [0.2, 0.25) is 0 Å². The lowest BCUT2D eigenvalue weighted by Crippen LogP contribution is -1.94.